The van der Waals surface area contributed by atoms with Crippen LogP contribution in [0.15, 0.2) is 21.8 Å². The summed E-state index contributed by atoms with van der Waals surface area (Å²) in [7, 11) is 1.54. The summed E-state index contributed by atoms with van der Waals surface area (Å²) in [5.41, 5.74) is 7.12. The summed E-state index contributed by atoms with van der Waals surface area (Å²) in [6.45, 7) is 0. The third-order valence-electron chi connectivity index (χ3n) is 5.12. The van der Waals surface area contributed by atoms with Crippen LogP contribution in [0.25, 0.3) is 0 Å². The third kappa shape index (κ3) is 4.64. The molecule has 0 spiro atoms. The Morgan fingerprint density at radius 3 is 2.74 bits per heavy atom. The van der Waals surface area contributed by atoms with Gasteiger partial charge in [0.05, 0.1) is 0 Å². The first-order valence-corrected chi connectivity index (χ1v) is 12.7. The Labute approximate surface area is 209 Å². The van der Waals surface area contributed by atoms with Crippen molar-refractivity contribution >= 4 is 75.3 Å². The number of aromatic nitrogens is 1. The molecule has 1 aromatic heterocycles. The highest BCUT2D eigenvalue weighted by Crippen LogP contribution is 2.41. The molecule has 2 saturated heterocycles. The number of hydrazine groups is 1. The molecule has 0 aliphatic carbocycles. The van der Waals surface area contributed by atoms with Gasteiger partial charge in [0.1, 0.15) is 28.3 Å². The van der Waals surface area contributed by atoms with Crippen molar-refractivity contribution in [1.82, 2.24) is 31.0 Å². The number of nitrogens with zero attached hydrogens (tertiary/aromatic N) is 4. The lowest BCUT2D eigenvalue weighted by Crippen LogP contribution is -2.71. The third-order valence-corrected chi connectivity index (χ3v) is 8.40. The van der Waals surface area contributed by atoms with E-state index >= 15 is 0 Å². The molecule has 18 heteroatoms. The summed E-state index contributed by atoms with van der Waals surface area (Å²) in [5.74, 6) is -4.03. The van der Waals surface area contributed by atoms with E-state index in [9.17, 15) is 34.3 Å². The number of hydrogen-bond donors (Lipinski definition) is 6. The lowest BCUT2D eigenvalue weighted by Gasteiger charge is -2.49. The second-order valence-electron chi connectivity index (χ2n) is 7.33. The molecule has 15 nitrogen and oxygen atoms in total. The van der Waals surface area contributed by atoms with Gasteiger partial charge in [0.2, 0.25) is 0 Å². The zero-order valence-electron chi connectivity index (χ0n) is 17.8. The van der Waals surface area contributed by atoms with Crippen LogP contribution in [0.3, 0.4) is 0 Å². The van der Waals surface area contributed by atoms with Gasteiger partial charge in [-0.25, -0.2) is 9.78 Å². The minimum Gasteiger partial charge on any atom is -0.477 e. The Balaban J connectivity index is 1.45. The minimum absolute atomic E-state index is 0.0359. The zero-order valence-corrected chi connectivity index (χ0v) is 20.2. The van der Waals surface area contributed by atoms with Crippen molar-refractivity contribution in [3.05, 3.63) is 22.3 Å². The number of oxime groups is 1. The molecular weight excluding hydrogens is 524 g/mol. The smallest absolute Gasteiger partial charge is 0.352 e. The molecule has 4 rings (SSSR count). The summed E-state index contributed by atoms with van der Waals surface area (Å²) < 4.78 is 0. The van der Waals surface area contributed by atoms with E-state index in [2.05, 4.69) is 26.2 Å². The fraction of sp³-hybridized carbons (Fsp3) is 0.353. The van der Waals surface area contributed by atoms with Gasteiger partial charge >= 0.3 is 17.8 Å². The van der Waals surface area contributed by atoms with Crippen LogP contribution in [-0.4, -0.2) is 96.0 Å². The average Bonchev–Trinajstić information content (AvgIpc) is 3.24. The number of amides is 4. The number of carbonyl (C=O) groups excluding carboxylic acids is 4. The van der Waals surface area contributed by atoms with E-state index in [1.54, 1.807) is 7.05 Å². The number of anilines is 1. The topological polar surface area (TPSA) is 220 Å². The molecule has 3 atom stereocenters. The first kappa shape index (κ1) is 24.8. The second-order valence-corrected chi connectivity index (χ2v) is 10.4. The number of aliphatic carboxylic acids is 1. The largest absolute Gasteiger partial charge is 0.477 e. The number of rotatable bonds is 7. The van der Waals surface area contributed by atoms with Gasteiger partial charge < -0.3 is 26.7 Å². The Hall–Kier alpha value is -3.35. The van der Waals surface area contributed by atoms with Gasteiger partial charge in [0.15, 0.2) is 10.8 Å². The number of nitrogens with one attached hydrogen (secondary N) is 3. The molecule has 7 N–H and O–H groups in total. The van der Waals surface area contributed by atoms with Gasteiger partial charge in [-0.2, -0.15) is 5.01 Å². The highest BCUT2D eigenvalue weighted by Gasteiger charge is 2.54. The number of carboxylic acid groups (broad SMARTS) is 1. The van der Waals surface area contributed by atoms with Crippen LogP contribution in [0.2, 0.25) is 0 Å². The van der Waals surface area contributed by atoms with Crippen molar-refractivity contribution in [2.24, 2.45) is 5.16 Å². The van der Waals surface area contributed by atoms with Gasteiger partial charge in [-0.05, 0) is 5.57 Å². The number of carboxylic acids is 1. The van der Waals surface area contributed by atoms with E-state index in [0.29, 0.717) is 5.57 Å². The number of thiazole rings is 1. The van der Waals surface area contributed by atoms with Crippen LogP contribution in [0.1, 0.15) is 5.69 Å². The standard InChI is InChI=1S/C17H18N8O7S3/c1-24-17(21-11(27)12(28)22-24)35-3-5-2-33-14-8(13(29)25(14)9(5)15(30)31)20-10(26)7(23-32)6-4-34-16(18)19-6/h4,8,14,17,32H,2-3H2,1H3,(H2,18,19)(H,20,26)(H,21,27)(H,22,28)(H,30,31). The first-order chi connectivity index (χ1) is 16.6. The van der Waals surface area contributed by atoms with E-state index in [4.69, 9.17) is 5.73 Å². The van der Waals surface area contributed by atoms with Gasteiger partial charge in [0.25, 0.3) is 11.8 Å². The molecule has 0 bridgehead atoms. The van der Waals surface area contributed by atoms with E-state index in [0.717, 1.165) is 28.0 Å². The number of carbonyl (C=O) groups is 5. The monoisotopic (exact) mass is 542 g/mol. The summed E-state index contributed by atoms with van der Waals surface area (Å²) in [6.07, 6.45) is 0. The predicted octanol–water partition coefficient (Wildman–Crippen LogP) is -2.25. The minimum atomic E-state index is -1.31. The summed E-state index contributed by atoms with van der Waals surface area (Å²) >= 11 is 3.45. The van der Waals surface area contributed by atoms with Crippen LogP contribution in [0, 0.1) is 0 Å². The number of hydrogen-bond acceptors (Lipinski definition) is 13. The Bertz CT molecular complexity index is 1180. The highest BCUT2D eigenvalue weighted by atomic mass is 32.2. The number of fused-ring (bicyclic) bond motifs is 1. The van der Waals surface area contributed by atoms with Crippen LogP contribution in [0.5, 0.6) is 0 Å². The molecule has 1 aromatic rings. The van der Waals surface area contributed by atoms with Crippen molar-refractivity contribution in [2.75, 3.05) is 24.3 Å². The maximum atomic E-state index is 12.8. The summed E-state index contributed by atoms with van der Waals surface area (Å²) in [6, 6.07) is -1.04. The second kappa shape index (κ2) is 9.72. The van der Waals surface area contributed by atoms with E-state index in [1.807, 2.05) is 0 Å². The highest BCUT2D eigenvalue weighted by molar-refractivity contribution is 8.01. The predicted molar refractivity (Wildman–Crippen MR) is 125 cm³/mol. The SMILES string of the molecule is CN1NC(=O)C(=O)NC1SCC1=C(C(=O)O)N2C(=O)C(NC(=O)C(=NO)c3csc(N)n3)C2SC1. The van der Waals surface area contributed by atoms with Crippen LogP contribution in [-0.2, 0) is 24.0 Å². The van der Waals surface area contributed by atoms with Crippen molar-refractivity contribution < 1.29 is 34.3 Å². The van der Waals surface area contributed by atoms with Crippen LogP contribution in [0.4, 0.5) is 5.13 Å². The molecule has 4 amide bonds. The van der Waals surface area contributed by atoms with Crippen molar-refractivity contribution in [2.45, 2.75) is 16.9 Å². The normalized spacial score (nSPS) is 24.9. The maximum absolute atomic E-state index is 12.8. The van der Waals surface area contributed by atoms with Crippen LogP contribution < -0.4 is 21.8 Å². The molecule has 3 aliphatic rings. The Kier molecular flexibility index (Phi) is 6.88. The number of nitrogens with two attached hydrogens (primary N) is 1. The fourth-order valence-electron chi connectivity index (χ4n) is 3.49. The Morgan fingerprint density at radius 1 is 1.37 bits per heavy atom. The van der Waals surface area contributed by atoms with Gasteiger partial charge in [-0.15, -0.1) is 34.9 Å². The fourth-order valence-corrected chi connectivity index (χ4v) is 6.58. The first-order valence-electron chi connectivity index (χ1n) is 9.72. The van der Waals surface area contributed by atoms with Crippen LogP contribution >= 0.6 is 34.9 Å². The average molecular weight is 543 g/mol. The van der Waals surface area contributed by atoms with E-state index in [1.165, 1.54) is 22.2 Å². The quantitative estimate of drug-likeness (QED) is 0.0707. The van der Waals surface area contributed by atoms with Crippen molar-refractivity contribution in [3.63, 3.8) is 0 Å². The summed E-state index contributed by atoms with van der Waals surface area (Å²) in [5, 5.41) is 29.2. The Morgan fingerprint density at radius 2 is 2.11 bits per heavy atom. The molecule has 35 heavy (non-hydrogen) atoms. The summed E-state index contributed by atoms with van der Waals surface area (Å²) in [4.78, 5) is 65.4. The van der Waals surface area contributed by atoms with Gasteiger partial charge in [0, 0.05) is 23.9 Å². The maximum Gasteiger partial charge on any atom is 0.352 e. The molecule has 0 saturated carbocycles. The molecule has 3 aliphatic heterocycles. The molecule has 2 fully saturated rings. The molecule has 0 radical (unpaired) electrons. The van der Waals surface area contributed by atoms with Crippen molar-refractivity contribution in [3.8, 4) is 0 Å². The number of thioether (sulfide) groups is 2. The lowest BCUT2D eigenvalue weighted by molar-refractivity contribution is -0.150. The zero-order chi connectivity index (χ0) is 25.4. The van der Waals surface area contributed by atoms with E-state index in [-0.39, 0.29) is 28.0 Å². The van der Waals surface area contributed by atoms with E-state index < -0.39 is 52.2 Å². The molecule has 186 valence electrons. The van der Waals surface area contributed by atoms with Gasteiger partial charge in [-0.3, -0.25) is 29.5 Å². The van der Waals surface area contributed by atoms with Crippen molar-refractivity contribution in [1.29, 1.82) is 0 Å². The number of β-lactam (4-membered cyclic amide) rings is 1. The van der Waals surface area contributed by atoms with Gasteiger partial charge in [-0.1, -0.05) is 5.16 Å². The molecule has 3 unspecified atom stereocenters. The molecular formula is C17H18N8O7S3. The number of nitrogen functional groups attached to an aromatic ring is 1. The molecule has 0 aromatic carbocycles. The molecule has 4 heterocycles. The lowest BCUT2D eigenvalue weighted by atomic mass is 10.0.